The first-order valence-electron chi connectivity index (χ1n) is 5.79. The molecule has 11 nitrogen and oxygen atoms in total. The molecule has 0 aliphatic rings. The lowest BCUT2D eigenvalue weighted by atomic mass is 10.5. The van der Waals surface area contributed by atoms with Gasteiger partial charge in [0.2, 0.25) is 0 Å². The highest BCUT2D eigenvalue weighted by atomic mass is 16.1. The van der Waals surface area contributed by atoms with Crippen LogP contribution >= 0.6 is 0 Å². The lowest BCUT2D eigenvalue weighted by Crippen LogP contribution is -2.16. The molecular formula is C10H7N9O2. The van der Waals surface area contributed by atoms with Gasteiger partial charge in [-0.3, -0.25) is 9.78 Å². The molecule has 0 aromatic carbocycles. The number of imidazole rings is 2. The first-order valence-corrected chi connectivity index (χ1v) is 5.79. The van der Waals surface area contributed by atoms with E-state index in [1.54, 1.807) is 0 Å². The van der Waals surface area contributed by atoms with Crippen molar-refractivity contribution in [2.45, 2.75) is 0 Å². The maximum absolute atomic E-state index is 11.6. The molecule has 4 N–H and O–H groups in total. The molecule has 0 atom stereocenters. The Morgan fingerprint density at radius 2 is 1.71 bits per heavy atom. The van der Waals surface area contributed by atoms with Crippen LogP contribution in [0.3, 0.4) is 0 Å². The Labute approximate surface area is 114 Å². The highest BCUT2D eigenvalue weighted by Gasteiger charge is 2.14. The highest BCUT2D eigenvalue weighted by Crippen LogP contribution is 2.14. The van der Waals surface area contributed by atoms with Gasteiger partial charge in [0.05, 0.1) is 6.33 Å². The van der Waals surface area contributed by atoms with Crippen LogP contribution in [-0.4, -0.2) is 39.3 Å². The fourth-order valence-corrected chi connectivity index (χ4v) is 2.08. The van der Waals surface area contributed by atoms with E-state index in [4.69, 9.17) is 5.73 Å². The second kappa shape index (κ2) is 3.75. The van der Waals surface area contributed by atoms with Crippen molar-refractivity contribution < 1.29 is 0 Å². The zero-order valence-corrected chi connectivity index (χ0v) is 10.3. The summed E-state index contributed by atoms with van der Waals surface area (Å²) in [7, 11) is 0. The first kappa shape index (κ1) is 11.3. The van der Waals surface area contributed by atoms with E-state index in [0.29, 0.717) is 11.2 Å². The van der Waals surface area contributed by atoms with Gasteiger partial charge in [-0.05, 0) is 0 Å². The molecule has 0 radical (unpaired) electrons. The van der Waals surface area contributed by atoms with Crippen molar-refractivity contribution >= 4 is 28.1 Å². The van der Waals surface area contributed by atoms with Crippen molar-refractivity contribution in [3.05, 3.63) is 39.8 Å². The third kappa shape index (κ3) is 1.47. The minimum absolute atomic E-state index is 0.110. The van der Waals surface area contributed by atoms with Crippen LogP contribution in [0, 0.1) is 0 Å². The van der Waals surface area contributed by atoms with Crippen LogP contribution in [0.25, 0.3) is 22.3 Å². The second-order valence-electron chi connectivity index (χ2n) is 4.21. The maximum atomic E-state index is 11.6. The van der Waals surface area contributed by atoms with Crippen LogP contribution in [0.2, 0.25) is 0 Å². The molecule has 0 aliphatic heterocycles. The summed E-state index contributed by atoms with van der Waals surface area (Å²) in [5.41, 5.74) is 5.76. The number of hydrogen-bond acceptors (Lipinski definition) is 7. The molecule has 0 bridgehead atoms. The number of aromatic amines is 2. The molecule has 4 heterocycles. The van der Waals surface area contributed by atoms with Crippen molar-refractivity contribution in [1.29, 1.82) is 0 Å². The summed E-state index contributed by atoms with van der Waals surface area (Å²) in [6.07, 6.45) is 4.05. The van der Waals surface area contributed by atoms with Crippen molar-refractivity contribution in [1.82, 2.24) is 39.3 Å². The van der Waals surface area contributed by atoms with Crippen molar-refractivity contribution in [3.8, 4) is 0 Å². The molecule has 0 saturated heterocycles. The molecule has 0 spiro atoms. The number of H-pyrrole nitrogens is 2. The summed E-state index contributed by atoms with van der Waals surface area (Å²) in [6, 6.07) is 0. The molecule has 4 aromatic heterocycles. The van der Waals surface area contributed by atoms with E-state index in [1.807, 2.05) is 0 Å². The predicted octanol–water partition coefficient (Wildman–Crippen LogP) is -1.55. The molecule has 4 aromatic rings. The third-order valence-electron chi connectivity index (χ3n) is 2.98. The number of rotatable bonds is 1. The largest absolute Gasteiger partial charge is 0.383 e. The lowest BCUT2D eigenvalue weighted by Gasteiger charge is -2.04. The van der Waals surface area contributed by atoms with Crippen LogP contribution in [0.1, 0.15) is 0 Å². The van der Waals surface area contributed by atoms with Gasteiger partial charge in [-0.1, -0.05) is 0 Å². The van der Waals surface area contributed by atoms with E-state index in [0.717, 1.165) is 0 Å². The number of nitrogens with two attached hydrogens (primary N) is 1. The molecule has 104 valence electrons. The highest BCUT2D eigenvalue weighted by molar-refractivity contribution is 5.81. The number of nitrogens with one attached hydrogen (secondary N) is 2. The van der Waals surface area contributed by atoms with Crippen molar-refractivity contribution in [2.75, 3.05) is 5.73 Å². The molecule has 0 amide bonds. The molecule has 11 heteroatoms. The Kier molecular flexibility index (Phi) is 2.03. The minimum atomic E-state index is -0.600. The Bertz CT molecular complexity index is 1100. The van der Waals surface area contributed by atoms with E-state index in [-0.39, 0.29) is 22.5 Å². The SMILES string of the molecule is Nc1[nH]c(=O)nc2c1ncn2-n1cnc2c(=O)[nH]cnc21. The fourth-order valence-electron chi connectivity index (χ4n) is 2.08. The summed E-state index contributed by atoms with van der Waals surface area (Å²) in [5, 5.41) is 0. The third-order valence-corrected chi connectivity index (χ3v) is 2.98. The van der Waals surface area contributed by atoms with Gasteiger partial charge in [0, 0.05) is 0 Å². The van der Waals surface area contributed by atoms with Crippen LogP contribution in [0.15, 0.2) is 28.6 Å². The summed E-state index contributed by atoms with van der Waals surface area (Å²) >= 11 is 0. The molecule has 21 heavy (non-hydrogen) atoms. The second-order valence-corrected chi connectivity index (χ2v) is 4.21. The topological polar surface area (TPSA) is 153 Å². The number of anilines is 1. The molecule has 0 unspecified atom stereocenters. The van der Waals surface area contributed by atoms with E-state index in [9.17, 15) is 9.59 Å². The Morgan fingerprint density at radius 3 is 2.52 bits per heavy atom. The normalized spacial score (nSPS) is 11.4. The molecule has 0 fully saturated rings. The van der Waals surface area contributed by atoms with E-state index >= 15 is 0 Å². The van der Waals surface area contributed by atoms with Gasteiger partial charge >= 0.3 is 5.69 Å². The zero-order chi connectivity index (χ0) is 14.6. The van der Waals surface area contributed by atoms with Gasteiger partial charge in [-0.25, -0.2) is 29.1 Å². The van der Waals surface area contributed by atoms with Gasteiger partial charge < -0.3 is 10.7 Å². The quantitative estimate of drug-likeness (QED) is 0.382. The van der Waals surface area contributed by atoms with Gasteiger partial charge in [-0.15, -0.1) is 0 Å². The average molecular weight is 285 g/mol. The number of nitrogen functional groups attached to an aromatic ring is 1. The van der Waals surface area contributed by atoms with Gasteiger partial charge in [0.1, 0.15) is 24.0 Å². The Balaban J connectivity index is 2.12. The van der Waals surface area contributed by atoms with Crippen LogP contribution in [0.4, 0.5) is 5.82 Å². The predicted molar refractivity (Wildman–Crippen MR) is 71.5 cm³/mol. The van der Waals surface area contributed by atoms with Gasteiger partial charge in [-0.2, -0.15) is 4.98 Å². The maximum Gasteiger partial charge on any atom is 0.348 e. The summed E-state index contributed by atoms with van der Waals surface area (Å²) in [6.45, 7) is 0. The number of aromatic nitrogens is 8. The van der Waals surface area contributed by atoms with E-state index < -0.39 is 5.69 Å². The standard InChI is InChI=1S/C10H7N9O2/c11-6-4-8(17-10(21)16-6)19(2-14-4)18-3-15-5-7(18)12-1-13-9(5)20/h1-3H,(H,12,13,20)(H3,11,16,17,21). The number of hydrogen-bond donors (Lipinski definition) is 3. The van der Waals surface area contributed by atoms with Gasteiger partial charge in [0.25, 0.3) is 5.56 Å². The summed E-state index contributed by atoms with van der Waals surface area (Å²) in [5.74, 6) is 0.110. The number of fused-ring (bicyclic) bond motifs is 2. The monoisotopic (exact) mass is 285 g/mol. The fraction of sp³-hybridized carbons (Fsp3) is 0. The minimum Gasteiger partial charge on any atom is -0.383 e. The first-order chi connectivity index (χ1) is 10.1. The van der Waals surface area contributed by atoms with Crippen LogP contribution in [0.5, 0.6) is 0 Å². The van der Waals surface area contributed by atoms with E-state index in [2.05, 4.69) is 29.9 Å². The zero-order valence-electron chi connectivity index (χ0n) is 10.3. The van der Waals surface area contributed by atoms with Crippen LogP contribution in [-0.2, 0) is 0 Å². The molecule has 0 aliphatic carbocycles. The number of nitrogens with zero attached hydrogens (tertiary/aromatic N) is 6. The smallest absolute Gasteiger partial charge is 0.348 e. The molecular weight excluding hydrogens is 278 g/mol. The lowest BCUT2D eigenvalue weighted by molar-refractivity contribution is 0.686. The Morgan fingerprint density at radius 1 is 1.00 bits per heavy atom. The molecule has 4 rings (SSSR count). The average Bonchev–Trinajstić information content (AvgIpc) is 3.03. The van der Waals surface area contributed by atoms with Crippen molar-refractivity contribution in [3.63, 3.8) is 0 Å². The Hall–Kier alpha value is -3.50. The summed E-state index contributed by atoms with van der Waals surface area (Å²) in [4.78, 5) is 43.9. The molecule has 0 saturated carbocycles. The van der Waals surface area contributed by atoms with E-state index in [1.165, 1.54) is 28.3 Å². The van der Waals surface area contributed by atoms with Crippen molar-refractivity contribution in [2.24, 2.45) is 0 Å². The van der Waals surface area contributed by atoms with Crippen LogP contribution < -0.4 is 17.0 Å². The van der Waals surface area contributed by atoms with Gasteiger partial charge in [0.15, 0.2) is 16.8 Å². The summed E-state index contributed by atoms with van der Waals surface area (Å²) < 4.78 is 2.88.